The fourth-order valence-electron chi connectivity index (χ4n) is 1.98. The molecule has 1 aromatic rings. The van der Waals surface area contributed by atoms with Crippen molar-refractivity contribution in [3.8, 4) is 0 Å². The summed E-state index contributed by atoms with van der Waals surface area (Å²) >= 11 is 3.32. The maximum atomic E-state index is 11.7. The summed E-state index contributed by atoms with van der Waals surface area (Å²) in [6.45, 7) is 1.23. The highest BCUT2D eigenvalue weighted by Gasteiger charge is 2.17. The average Bonchev–Trinajstić information content (AvgIpc) is 2.92. The molecule has 1 unspecified atom stereocenters. The number of ether oxygens (including phenoxy) is 1. The third-order valence-corrected chi connectivity index (χ3v) is 3.53. The SMILES string of the molecule is O=C(CC(=O)Nc1ccc(Br)cc1)NCC1CCCO1. The number of rotatable bonds is 5. The number of carbonyl (C=O) groups excluding carboxylic acids is 2. The fraction of sp³-hybridized carbons (Fsp3) is 0.429. The normalized spacial score (nSPS) is 17.8. The molecule has 1 saturated heterocycles. The number of halogens is 1. The summed E-state index contributed by atoms with van der Waals surface area (Å²) in [5.41, 5.74) is 0.671. The van der Waals surface area contributed by atoms with Gasteiger partial charge >= 0.3 is 0 Å². The summed E-state index contributed by atoms with van der Waals surface area (Å²) in [7, 11) is 0. The minimum Gasteiger partial charge on any atom is -0.376 e. The molecule has 1 atom stereocenters. The standard InChI is InChI=1S/C14H17BrN2O3/c15-10-3-5-11(6-4-10)17-14(19)8-13(18)16-9-12-2-1-7-20-12/h3-6,12H,1-2,7-9H2,(H,16,18)(H,17,19). The topological polar surface area (TPSA) is 67.4 Å². The molecule has 1 aromatic carbocycles. The molecule has 1 aliphatic heterocycles. The Morgan fingerprint density at radius 2 is 2.00 bits per heavy atom. The van der Waals surface area contributed by atoms with Gasteiger partial charge in [-0.2, -0.15) is 0 Å². The lowest BCUT2D eigenvalue weighted by Gasteiger charge is -2.10. The molecule has 2 amide bonds. The van der Waals surface area contributed by atoms with Gasteiger partial charge in [-0.1, -0.05) is 15.9 Å². The highest BCUT2D eigenvalue weighted by atomic mass is 79.9. The molecule has 0 radical (unpaired) electrons. The lowest BCUT2D eigenvalue weighted by molar-refractivity contribution is -0.127. The number of hydrogen-bond donors (Lipinski definition) is 2. The number of anilines is 1. The third-order valence-electron chi connectivity index (χ3n) is 3.00. The van der Waals surface area contributed by atoms with Gasteiger partial charge in [0, 0.05) is 23.3 Å². The number of carbonyl (C=O) groups is 2. The maximum absolute atomic E-state index is 11.7. The van der Waals surface area contributed by atoms with Crippen LogP contribution in [-0.2, 0) is 14.3 Å². The molecule has 0 bridgehead atoms. The average molecular weight is 341 g/mol. The zero-order valence-electron chi connectivity index (χ0n) is 11.0. The van der Waals surface area contributed by atoms with Crippen LogP contribution >= 0.6 is 15.9 Å². The predicted octanol–water partition coefficient (Wildman–Crippen LogP) is 2.07. The largest absolute Gasteiger partial charge is 0.376 e. The van der Waals surface area contributed by atoms with Crippen LogP contribution in [0.2, 0.25) is 0 Å². The Morgan fingerprint density at radius 3 is 2.65 bits per heavy atom. The van der Waals surface area contributed by atoms with Crippen molar-refractivity contribution in [2.24, 2.45) is 0 Å². The van der Waals surface area contributed by atoms with Crippen LogP contribution in [0, 0.1) is 0 Å². The molecule has 2 rings (SSSR count). The molecular weight excluding hydrogens is 324 g/mol. The first-order valence-corrected chi connectivity index (χ1v) is 7.36. The Labute approximate surface area is 126 Å². The van der Waals surface area contributed by atoms with Gasteiger partial charge in [0.25, 0.3) is 0 Å². The molecule has 1 fully saturated rings. The van der Waals surface area contributed by atoms with E-state index in [0.29, 0.717) is 12.2 Å². The molecule has 1 heterocycles. The van der Waals surface area contributed by atoms with E-state index in [1.165, 1.54) is 0 Å². The number of nitrogens with one attached hydrogen (secondary N) is 2. The zero-order chi connectivity index (χ0) is 14.4. The van der Waals surface area contributed by atoms with Gasteiger partial charge in [-0.3, -0.25) is 9.59 Å². The molecule has 2 N–H and O–H groups in total. The van der Waals surface area contributed by atoms with E-state index in [4.69, 9.17) is 4.74 Å². The molecule has 0 saturated carbocycles. The van der Waals surface area contributed by atoms with Crippen LogP contribution in [0.15, 0.2) is 28.7 Å². The Morgan fingerprint density at radius 1 is 1.25 bits per heavy atom. The third kappa shape index (κ3) is 4.94. The van der Waals surface area contributed by atoms with Crippen molar-refractivity contribution in [1.82, 2.24) is 5.32 Å². The van der Waals surface area contributed by atoms with E-state index in [1.807, 2.05) is 12.1 Å². The van der Waals surface area contributed by atoms with E-state index in [2.05, 4.69) is 26.6 Å². The smallest absolute Gasteiger partial charge is 0.233 e. The molecule has 0 aliphatic carbocycles. The Hall–Kier alpha value is -1.40. The van der Waals surface area contributed by atoms with Crippen molar-refractivity contribution >= 4 is 33.4 Å². The molecule has 0 aromatic heterocycles. The highest BCUT2D eigenvalue weighted by Crippen LogP contribution is 2.14. The molecule has 20 heavy (non-hydrogen) atoms. The minimum absolute atomic E-state index is 0.0912. The molecule has 5 nitrogen and oxygen atoms in total. The van der Waals surface area contributed by atoms with Crippen LogP contribution in [0.3, 0.4) is 0 Å². The van der Waals surface area contributed by atoms with Crippen molar-refractivity contribution in [3.05, 3.63) is 28.7 Å². The van der Waals surface area contributed by atoms with Crippen LogP contribution in [0.5, 0.6) is 0 Å². The fourth-order valence-corrected chi connectivity index (χ4v) is 2.24. The van der Waals surface area contributed by atoms with Crippen molar-refractivity contribution in [2.45, 2.75) is 25.4 Å². The van der Waals surface area contributed by atoms with Crippen LogP contribution in [-0.4, -0.2) is 31.1 Å². The summed E-state index contributed by atoms with van der Waals surface area (Å²) in [5.74, 6) is -0.604. The van der Waals surface area contributed by atoms with E-state index >= 15 is 0 Å². The second-order valence-corrected chi connectivity index (χ2v) is 5.59. The molecule has 6 heteroatoms. The van der Waals surface area contributed by atoms with E-state index in [9.17, 15) is 9.59 Å². The van der Waals surface area contributed by atoms with Gasteiger partial charge in [-0.15, -0.1) is 0 Å². The van der Waals surface area contributed by atoms with Gasteiger partial charge in [-0.05, 0) is 37.1 Å². The lowest BCUT2D eigenvalue weighted by atomic mass is 10.2. The van der Waals surface area contributed by atoms with Crippen molar-refractivity contribution in [3.63, 3.8) is 0 Å². The molecule has 0 spiro atoms. The summed E-state index contributed by atoms with van der Waals surface area (Å²) < 4.78 is 6.33. The van der Waals surface area contributed by atoms with Crippen LogP contribution in [0.25, 0.3) is 0 Å². The van der Waals surface area contributed by atoms with Crippen molar-refractivity contribution in [2.75, 3.05) is 18.5 Å². The van der Waals surface area contributed by atoms with E-state index in [1.54, 1.807) is 12.1 Å². The first-order valence-electron chi connectivity index (χ1n) is 6.57. The van der Waals surface area contributed by atoms with Gasteiger partial charge in [-0.25, -0.2) is 0 Å². The first-order chi connectivity index (χ1) is 9.63. The molecular formula is C14H17BrN2O3. The van der Waals surface area contributed by atoms with Gasteiger partial charge < -0.3 is 15.4 Å². The predicted molar refractivity (Wildman–Crippen MR) is 79.4 cm³/mol. The van der Waals surface area contributed by atoms with Crippen LogP contribution < -0.4 is 10.6 Å². The monoisotopic (exact) mass is 340 g/mol. The lowest BCUT2D eigenvalue weighted by Crippen LogP contribution is -2.34. The van der Waals surface area contributed by atoms with E-state index in [-0.39, 0.29) is 24.3 Å². The maximum Gasteiger partial charge on any atom is 0.233 e. The minimum atomic E-state index is -0.322. The van der Waals surface area contributed by atoms with Crippen molar-refractivity contribution < 1.29 is 14.3 Å². The Balaban J connectivity index is 1.70. The Kier molecular flexibility index (Phi) is 5.55. The summed E-state index contributed by atoms with van der Waals surface area (Å²) in [6, 6.07) is 7.19. The quantitative estimate of drug-likeness (QED) is 0.806. The summed E-state index contributed by atoms with van der Waals surface area (Å²) in [5, 5.41) is 5.39. The zero-order valence-corrected chi connectivity index (χ0v) is 12.6. The van der Waals surface area contributed by atoms with Gasteiger partial charge in [0.1, 0.15) is 6.42 Å². The van der Waals surface area contributed by atoms with Gasteiger partial charge in [0.2, 0.25) is 11.8 Å². The van der Waals surface area contributed by atoms with E-state index < -0.39 is 0 Å². The number of hydrogen-bond acceptors (Lipinski definition) is 3. The second-order valence-electron chi connectivity index (χ2n) is 4.67. The summed E-state index contributed by atoms with van der Waals surface area (Å²) in [6.07, 6.45) is 1.91. The first kappa shape index (κ1) is 15.0. The number of benzene rings is 1. The summed E-state index contributed by atoms with van der Waals surface area (Å²) in [4.78, 5) is 23.3. The Bertz CT molecular complexity index is 470. The molecule has 108 valence electrons. The number of amides is 2. The van der Waals surface area contributed by atoms with Gasteiger partial charge in [0.05, 0.1) is 6.10 Å². The highest BCUT2D eigenvalue weighted by molar-refractivity contribution is 9.10. The second kappa shape index (κ2) is 7.40. The van der Waals surface area contributed by atoms with Crippen LogP contribution in [0.1, 0.15) is 19.3 Å². The molecule has 1 aliphatic rings. The van der Waals surface area contributed by atoms with Gasteiger partial charge in [0.15, 0.2) is 0 Å². The van der Waals surface area contributed by atoms with Crippen LogP contribution in [0.4, 0.5) is 5.69 Å². The van der Waals surface area contributed by atoms with Crippen molar-refractivity contribution in [1.29, 1.82) is 0 Å². The van der Waals surface area contributed by atoms with E-state index in [0.717, 1.165) is 23.9 Å².